The first kappa shape index (κ1) is 29.4. The molecule has 0 bridgehead atoms. The van der Waals surface area contributed by atoms with Gasteiger partial charge in [-0.1, -0.05) is 54.7 Å². The van der Waals surface area contributed by atoms with Crippen molar-refractivity contribution < 1.29 is 9.47 Å². The zero-order valence-electron chi connectivity index (χ0n) is 17.3. The summed E-state index contributed by atoms with van der Waals surface area (Å²) in [5.41, 5.74) is 1.87. The molecule has 0 heterocycles. The van der Waals surface area contributed by atoms with E-state index in [1.54, 1.807) is 19.2 Å². The van der Waals surface area contributed by atoms with Crippen molar-refractivity contribution in [3.8, 4) is 11.5 Å². The molecule has 0 aliphatic rings. The van der Waals surface area contributed by atoms with E-state index >= 15 is 0 Å². The Balaban J connectivity index is 0.00000420. The minimum absolute atomic E-state index is 0. The van der Waals surface area contributed by atoms with Crippen LogP contribution in [-0.4, -0.2) is 38.2 Å². The number of likely N-dealkylation sites (N-methyl/N-ethyl adjacent to an activating group) is 1. The molecule has 0 unspecified atom stereocenters. The zero-order valence-corrected chi connectivity index (χ0v) is 21.2. The normalized spacial score (nSPS) is 10.4. The van der Waals surface area contributed by atoms with Gasteiger partial charge in [0.1, 0.15) is 6.61 Å². The molecule has 30 heavy (non-hydrogen) atoms. The van der Waals surface area contributed by atoms with Gasteiger partial charge in [0, 0.05) is 35.2 Å². The van der Waals surface area contributed by atoms with Crippen molar-refractivity contribution in [2.75, 3.05) is 33.3 Å². The van der Waals surface area contributed by atoms with Crippen molar-refractivity contribution in [2.24, 2.45) is 0 Å². The summed E-state index contributed by atoms with van der Waals surface area (Å²) in [5.74, 6) is 1.10. The molecule has 0 saturated heterocycles. The van der Waals surface area contributed by atoms with Crippen LogP contribution in [0.2, 0.25) is 15.1 Å². The van der Waals surface area contributed by atoms with E-state index in [9.17, 15) is 0 Å². The molecule has 0 atom stereocenters. The van der Waals surface area contributed by atoms with Gasteiger partial charge in [-0.15, -0.1) is 24.8 Å². The van der Waals surface area contributed by atoms with E-state index in [0.29, 0.717) is 33.1 Å². The molecular formula is C21H29Cl5N2O2. The van der Waals surface area contributed by atoms with Crippen LogP contribution < -0.4 is 14.8 Å². The molecule has 4 nitrogen and oxygen atoms in total. The first-order chi connectivity index (χ1) is 13.5. The summed E-state index contributed by atoms with van der Waals surface area (Å²) in [6.07, 6.45) is 0. The molecule has 0 aromatic heterocycles. The van der Waals surface area contributed by atoms with Crippen LogP contribution >= 0.6 is 59.6 Å². The number of hydrogen-bond donors (Lipinski definition) is 1. The van der Waals surface area contributed by atoms with Crippen LogP contribution in [0.15, 0.2) is 30.3 Å². The average Bonchev–Trinajstić information content (AvgIpc) is 2.68. The molecule has 0 fully saturated rings. The van der Waals surface area contributed by atoms with E-state index in [1.807, 2.05) is 18.2 Å². The number of nitrogens with one attached hydrogen (secondary N) is 1. The van der Waals surface area contributed by atoms with Gasteiger partial charge in [-0.25, -0.2) is 0 Å². The Morgan fingerprint density at radius 1 is 0.967 bits per heavy atom. The Kier molecular flexibility index (Phi) is 15.0. The maximum Gasteiger partial charge on any atom is 0.180 e. The topological polar surface area (TPSA) is 33.7 Å². The molecule has 0 spiro atoms. The highest BCUT2D eigenvalue weighted by Gasteiger charge is 2.13. The highest BCUT2D eigenvalue weighted by molar-refractivity contribution is 6.35. The SMILES string of the molecule is CCN(CC)CCNCc1cc(Cl)c(OCc2ccc(Cl)cc2Cl)c(OC)c1.Cl.Cl. The first-order valence-electron chi connectivity index (χ1n) is 9.34. The number of ether oxygens (including phenoxy) is 2. The zero-order chi connectivity index (χ0) is 20.5. The van der Waals surface area contributed by atoms with E-state index in [-0.39, 0.29) is 31.4 Å². The molecule has 170 valence electrons. The smallest absolute Gasteiger partial charge is 0.180 e. The molecule has 0 saturated carbocycles. The van der Waals surface area contributed by atoms with Crippen molar-refractivity contribution in [3.05, 3.63) is 56.5 Å². The second-order valence-electron chi connectivity index (χ2n) is 6.34. The number of halogens is 5. The van der Waals surface area contributed by atoms with E-state index in [0.717, 1.165) is 37.3 Å². The van der Waals surface area contributed by atoms with E-state index in [2.05, 4.69) is 24.1 Å². The summed E-state index contributed by atoms with van der Waals surface area (Å²) < 4.78 is 11.4. The summed E-state index contributed by atoms with van der Waals surface area (Å²) in [6.45, 7) is 9.36. The van der Waals surface area contributed by atoms with Crippen molar-refractivity contribution in [2.45, 2.75) is 27.0 Å². The molecule has 2 aromatic carbocycles. The number of hydrogen-bond acceptors (Lipinski definition) is 4. The van der Waals surface area contributed by atoms with Crippen LogP contribution in [0, 0.1) is 0 Å². The first-order valence-corrected chi connectivity index (χ1v) is 10.5. The molecule has 0 aliphatic heterocycles. The Morgan fingerprint density at radius 3 is 2.27 bits per heavy atom. The van der Waals surface area contributed by atoms with Gasteiger partial charge in [-0.2, -0.15) is 0 Å². The summed E-state index contributed by atoms with van der Waals surface area (Å²) in [4.78, 5) is 2.37. The Morgan fingerprint density at radius 2 is 1.67 bits per heavy atom. The molecule has 9 heteroatoms. The highest BCUT2D eigenvalue weighted by atomic mass is 35.5. The predicted octanol–water partition coefficient (Wildman–Crippen LogP) is 6.51. The van der Waals surface area contributed by atoms with E-state index in [1.165, 1.54) is 0 Å². The van der Waals surface area contributed by atoms with Gasteiger partial charge in [0.05, 0.1) is 12.1 Å². The van der Waals surface area contributed by atoms with Gasteiger partial charge in [-0.3, -0.25) is 0 Å². The van der Waals surface area contributed by atoms with E-state index in [4.69, 9.17) is 44.3 Å². The number of rotatable bonds is 11. The van der Waals surface area contributed by atoms with E-state index < -0.39 is 0 Å². The second kappa shape index (κ2) is 15.3. The third-order valence-electron chi connectivity index (χ3n) is 4.50. The lowest BCUT2D eigenvalue weighted by molar-refractivity contribution is 0.284. The van der Waals surface area contributed by atoms with Crippen LogP contribution in [0.4, 0.5) is 0 Å². The second-order valence-corrected chi connectivity index (χ2v) is 7.59. The monoisotopic (exact) mass is 516 g/mol. The highest BCUT2D eigenvalue weighted by Crippen LogP contribution is 2.37. The third-order valence-corrected chi connectivity index (χ3v) is 5.37. The lowest BCUT2D eigenvalue weighted by Gasteiger charge is -2.18. The summed E-state index contributed by atoms with van der Waals surface area (Å²) in [7, 11) is 1.60. The van der Waals surface area contributed by atoms with Crippen LogP contribution in [0.5, 0.6) is 11.5 Å². The fourth-order valence-electron chi connectivity index (χ4n) is 2.81. The fraction of sp³-hybridized carbons (Fsp3) is 0.429. The summed E-state index contributed by atoms with van der Waals surface area (Å²) in [5, 5.41) is 5.09. The predicted molar refractivity (Wildman–Crippen MR) is 133 cm³/mol. The maximum atomic E-state index is 6.46. The van der Waals surface area contributed by atoms with Crippen LogP contribution in [0.1, 0.15) is 25.0 Å². The Labute approximate surface area is 207 Å². The van der Waals surface area contributed by atoms with Gasteiger partial charge in [-0.05, 0) is 42.9 Å². The van der Waals surface area contributed by atoms with Crippen LogP contribution in [0.3, 0.4) is 0 Å². The molecule has 2 rings (SSSR count). The fourth-order valence-corrected chi connectivity index (χ4v) is 3.56. The quantitative estimate of drug-likeness (QED) is 0.344. The standard InChI is InChI=1S/C21H27Cl3N2O2.2ClH/c1-4-26(5-2)9-8-25-13-15-10-19(24)21(20(11-15)27-3)28-14-16-6-7-17(22)12-18(16)23;;/h6-7,10-12,25H,4-5,8-9,13-14H2,1-3H3;2*1H. The molecule has 0 aliphatic carbocycles. The lowest BCUT2D eigenvalue weighted by Crippen LogP contribution is -2.31. The summed E-state index contributed by atoms with van der Waals surface area (Å²) >= 11 is 18.6. The van der Waals surface area contributed by atoms with Gasteiger partial charge in [0.25, 0.3) is 0 Å². The third kappa shape index (κ3) is 8.88. The molecule has 1 N–H and O–H groups in total. The van der Waals surface area contributed by atoms with Crippen LogP contribution in [0.25, 0.3) is 0 Å². The minimum Gasteiger partial charge on any atom is -0.493 e. The lowest BCUT2D eigenvalue weighted by atomic mass is 10.2. The van der Waals surface area contributed by atoms with Gasteiger partial charge in [0.15, 0.2) is 11.5 Å². The number of methoxy groups -OCH3 is 1. The molecule has 0 radical (unpaired) electrons. The van der Waals surface area contributed by atoms with Crippen molar-refractivity contribution in [1.29, 1.82) is 0 Å². The number of nitrogens with zero attached hydrogens (tertiary/aromatic N) is 1. The summed E-state index contributed by atoms with van der Waals surface area (Å²) in [6, 6.07) is 9.13. The largest absolute Gasteiger partial charge is 0.493 e. The molecule has 0 amide bonds. The minimum atomic E-state index is 0. The number of benzene rings is 2. The van der Waals surface area contributed by atoms with Crippen molar-refractivity contribution in [1.82, 2.24) is 10.2 Å². The Hall–Kier alpha value is -0.590. The van der Waals surface area contributed by atoms with Crippen molar-refractivity contribution >= 4 is 59.6 Å². The van der Waals surface area contributed by atoms with Gasteiger partial charge < -0.3 is 19.7 Å². The van der Waals surface area contributed by atoms with Crippen molar-refractivity contribution in [3.63, 3.8) is 0 Å². The molecular weight excluding hydrogens is 490 g/mol. The average molecular weight is 519 g/mol. The van der Waals surface area contributed by atoms with Gasteiger partial charge in [0.2, 0.25) is 0 Å². The van der Waals surface area contributed by atoms with Crippen LogP contribution in [-0.2, 0) is 13.2 Å². The Bertz CT molecular complexity index is 773. The van der Waals surface area contributed by atoms with Gasteiger partial charge >= 0.3 is 0 Å². The molecule has 2 aromatic rings. The maximum absolute atomic E-state index is 6.46.